The molecule has 0 N–H and O–H groups in total. The fourth-order valence-corrected chi connectivity index (χ4v) is 2.21. The van der Waals surface area contributed by atoms with Crippen LogP contribution < -0.4 is 9.64 Å². The van der Waals surface area contributed by atoms with Gasteiger partial charge in [0.05, 0.1) is 12.5 Å². The van der Waals surface area contributed by atoms with E-state index < -0.39 is 0 Å². The van der Waals surface area contributed by atoms with E-state index in [0.717, 1.165) is 17.0 Å². The molecule has 1 heterocycles. The predicted octanol–water partition coefficient (Wildman–Crippen LogP) is 2.35. The molecular formula is C12H14ClNO2. The highest BCUT2D eigenvalue weighted by Gasteiger charge is 2.29. The van der Waals surface area contributed by atoms with Crippen molar-refractivity contribution >= 4 is 23.2 Å². The molecule has 0 aromatic heterocycles. The van der Waals surface area contributed by atoms with Crippen molar-refractivity contribution in [3.05, 3.63) is 23.8 Å². The van der Waals surface area contributed by atoms with Gasteiger partial charge in [0, 0.05) is 18.7 Å². The highest BCUT2D eigenvalue weighted by atomic mass is 35.5. The molecule has 0 spiro atoms. The molecule has 4 heteroatoms. The molecule has 0 saturated carbocycles. The van der Waals surface area contributed by atoms with Gasteiger partial charge < -0.3 is 9.64 Å². The van der Waals surface area contributed by atoms with Crippen molar-refractivity contribution in [1.82, 2.24) is 0 Å². The minimum atomic E-state index is -0.0742. The number of hydrogen-bond acceptors (Lipinski definition) is 2. The second-order valence-electron chi connectivity index (χ2n) is 3.96. The summed E-state index contributed by atoms with van der Waals surface area (Å²) in [5.41, 5.74) is 1.91. The third kappa shape index (κ3) is 2.00. The summed E-state index contributed by atoms with van der Waals surface area (Å²) in [6.07, 6.45) is 0.423. The van der Waals surface area contributed by atoms with Crippen molar-refractivity contribution in [3.8, 4) is 5.75 Å². The zero-order chi connectivity index (χ0) is 11.7. The number of ether oxygens (including phenoxy) is 1. The Morgan fingerprint density at radius 2 is 2.25 bits per heavy atom. The fraction of sp³-hybridized carbons (Fsp3) is 0.417. The molecule has 1 amide bonds. The SMILES string of the molecule is COc1ccc(N2CC(Cl)CC2=O)cc1C. The smallest absolute Gasteiger partial charge is 0.228 e. The Hall–Kier alpha value is -1.22. The normalized spacial score (nSPS) is 20.3. The number of alkyl halides is 1. The molecule has 2 rings (SSSR count). The van der Waals surface area contributed by atoms with E-state index in [1.807, 2.05) is 25.1 Å². The van der Waals surface area contributed by atoms with E-state index in [1.54, 1.807) is 12.0 Å². The Morgan fingerprint density at radius 3 is 2.75 bits per heavy atom. The third-order valence-corrected chi connectivity index (χ3v) is 3.06. The second kappa shape index (κ2) is 4.34. The largest absolute Gasteiger partial charge is 0.496 e. The number of carbonyl (C=O) groups is 1. The third-order valence-electron chi connectivity index (χ3n) is 2.77. The predicted molar refractivity (Wildman–Crippen MR) is 64.3 cm³/mol. The molecule has 1 aliphatic heterocycles. The van der Waals surface area contributed by atoms with E-state index in [2.05, 4.69) is 0 Å². The molecule has 86 valence electrons. The van der Waals surface area contributed by atoms with Crippen LogP contribution in [-0.4, -0.2) is 24.9 Å². The van der Waals surface area contributed by atoms with Crippen LogP contribution in [-0.2, 0) is 4.79 Å². The Kier molecular flexibility index (Phi) is 3.06. The number of hydrogen-bond donors (Lipinski definition) is 0. The molecular weight excluding hydrogens is 226 g/mol. The van der Waals surface area contributed by atoms with Crippen LogP contribution in [0.3, 0.4) is 0 Å². The van der Waals surface area contributed by atoms with Crippen molar-refractivity contribution in [2.24, 2.45) is 0 Å². The highest BCUT2D eigenvalue weighted by molar-refractivity contribution is 6.24. The van der Waals surface area contributed by atoms with Gasteiger partial charge in [-0.3, -0.25) is 4.79 Å². The number of aryl methyl sites for hydroxylation is 1. The first-order valence-corrected chi connectivity index (χ1v) is 5.64. The molecule has 1 fully saturated rings. The molecule has 1 atom stereocenters. The van der Waals surface area contributed by atoms with Gasteiger partial charge >= 0.3 is 0 Å². The maximum Gasteiger partial charge on any atom is 0.228 e. The number of amides is 1. The van der Waals surface area contributed by atoms with Gasteiger partial charge in [-0.25, -0.2) is 0 Å². The van der Waals surface area contributed by atoms with Crippen molar-refractivity contribution < 1.29 is 9.53 Å². The fourth-order valence-electron chi connectivity index (χ4n) is 1.94. The minimum absolute atomic E-state index is 0.0742. The lowest BCUT2D eigenvalue weighted by Gasteiger charge is -2.17. The topological polar surface area (TPSA) is 29.5 Å². The van der Waals surface area contributed by atoms with Crippen LogP contribution in [0.1, 0.15) is 12.0 Å². The number of nitrogens with zero attached hydrogens (tertiary/aromatic N) is 1. The van der Waals surface area contributed by atoms with E-state index in [9.17, 15) is 4.79 Å². The summed E-state index contributed by atoms with van der Waals surface area (Å²) >= 11 is 5.96. The zero-order valence-electron chi connectivity index (χ0n) is 9.37. The second-order valence-corrected chi connectivity index (χ2v) is 4.58. The summed E-state index contributed by atoms with van der Waals surface area (Å²) in [6, 6.07) is 5.71. The van der Waals surface area contributed by atoms with E-state index in [4.69, 9.17) is 16.3 Å². The molecule has 0 radical (unpaired) electrons. The van der Waals surface area contributed by atoms with Crippen molar-refractivity contribution in [2.45, 2.75) is 18.7 Å². The van der Waals surface area contributed by atoms with Crippen LogP contribution in [0.5, 0.6) is 5.75 Å². The first-order chi connectivity index (χ1) is 7.61. The summed E-state index contributed by atoms with van der Waals surface area (Å²) in [5.74, 6) is 0.919. The number of halogens is 1. The molecule has 0 aliphatic carbocycles. The van der Waals surface area contributed by atoms with Gasteiger partial charge in [0.2, 0.25) is 5.91 Å². The molecule has 3 nitrogen and oxygen atoms in total. The van der Waals surface area contributed by atoms with Gasteiger partial charge in [-0.1, -0.05) is 0 Å². The molecule has 16 heavy (non-hydrogen) atoms. The summed E-state index contributed by atoms with van der Waals surface area (Å²) < 4.78 is 5.18. The number of anilines is 1. The zero-order valence-corrected chi connectivity index (χ0v) is 10.1. The first-order valence-electron chi connectivity index (χ1n) is 5.21. The Morgan fingerprint density at radius 1 is 1.50 bits per heavy atom. The lowest BCUT2D eigenvalue weighted by molar-refractivity contribution is -0.117. The summed E-state index contributed by atoms with van der Waals surface area (Å²) in [7, 11) is 1.64. The summed E-state index contributed by atoms with van der Waals surface area (Å²) in [5, 5.41) is -0.0742. The van der Waals surface area contributed by atoms with Gasteiger partial charge in [-0.15, -0.1) is 11.6 Å². The van der Waals surface area contributed by atoms with E-state index in [1.165, 1.54) is 0 Å². The maximum atomic E-state index is 11.7. The van der Waals surface area contributed by atoms with Crippen LogP contribution in [0.4, 0.5) is 5.69 Å². The van der Waals surface area contributed by atoms with Crippen LogP contribution in [0, 0.1) is 6.92 Å². The maximum absolute atomic E-state index is 11.7. The van der Waals surface area contributed by atoms with E-state index in [0.29, 0.717) is 13.0 Å². The molecule has 0 bridgehead atoms. The number of carbonyl (C=O) groups excluding carboxylic acids is 1. The number of benzene rings is 1. The lowest BCUT2D eigenvalue weighted by atomic mass is 10.2. The lowest BCUT2D eigenvalue weighted by Crippen LogP contribution is -2.24. The standard InChI is InChI=1S/C12H14ClNO2/c1-8-5-10(3-4-11(8)16-2)14-7-9(13)6-12(14)15/h3-5,9H,6-7H2,1-2H3. The Bertz CT molecular complexity index is 419. The average molecular weight is 240 g/mol. The quantitative estimate of drug-likeness (QED) is 0.742. The van der Waals surface area contributed by atoms with Crippen molar-refractivity contribution in [1.29, 1.82) is 0 Å². The Balaban J connectivity index is 2.28. The summed E-state index contributed by atoms with van der Waals surface area (Å²) in [4.78, 5) is 13.4. The van der Waals surface area contributed by atoms with Crippen LogP contribution in [0.25, 0.3) is 0 Å². The summed E-state index contributed by atoms with van der Waals surface area (Å²) in [6.45, 7) is 2.55. The van der Waals surface area contributed by atoms with E-state index in [-0.39, 0.29) is 11.3 Å². The molecule has 1 unspecified atom stereocenters. The van der Waals surface area contributed by atoms with Crippen LogP contribution in [0.2, 0.25) is 0 Å². The van der Waals surface area contributed by atoms with Gasteiger partial charge in [0.1, 0.15) is 5.75 Å². The molecule has 1 saturated heterocycles. The molecule has 1 aromatic carbocycles. The first kappa shape index (κ1) is 11.3. The molecule has 1 aliphatic rings. The van der Waals surface area contributed by atoms with Crippen LogP contribution >= 0.6 is 11.6 Å². The van der Waals surface area contributed by atoms with Crippen LogP contribution in [0.15, 0.2) is 18.2 Å². The Labute approximate surface area is 100.0 Å². The monoisotopic (exact) mass is 239 g/mol. The molecule has 1 aromatic rings. The van der Waals surface area contributed by atoms with Crippen molar-refractivity contribution in [3.63, 3.8) is 0 Å². The van der Waals surface area contributed by atoms with E-state index >= 15 is 0 Å². The number of rotatable bonds is 2. The van der Waals surface area contributed by atoms with Gasteiger partial charge in [-0.05, 0) is 30.7 Å². The average Bonchev–Trinajstić information content (AvgIpc) is 2.58. The van der Waals surface area contributed by atoms with Crippen molar-refractivity contribution in [2.75, 3.05) is 18.6 Å². The number of methoxy groups -OCH3 is 1. The minimum Gasteiger partial charge on any atom is -0.496 e. The van der Waals surface area contributed by atoms with Gasteiger partial charge in [-0.2, -0.15) is 0 Å². The highest BCUT2D eigenvalue weighted by Crippen LogP contribution is 2.28. The van der Waals surface area contributed by atoms with Gasteiger partial charge in [0.25, 0.3) is 0 Å². The van der Waals surface area contributed by atoms with Gasteiger partial charge in [0.15, 0.2) is 0 Å².